The van der Waals surface area contributed by atoms with E-state index in [1.807, 2.05) is 6.07 Å². The van der Waals surface area contributed by atoms with Crippen LogP contribution in [-0.2, 0) is 25.4 Å². The molecule has 0 bridgehead atoms. The molecule has 0 saturated carbocycles. The predicted molar refractivity (Wildman–Crippen MR) is 91.8 cm³/mol. The summed E-state index contributed by atoms with van der Waals surface area (Å²) in [5.41, 5.74) is -0.578. The molecule has 2 aromatic rings. The van der Waals surface area contributed by atoms with Gasteiger partial charge in [0, 0.05) is 38.3 Å². The molecule has 0 N–H and O–H groups in total. The van der Waals surface area contributed by atoms with Crippen LogP contribution in [0.2, 0.25) is 4.34 Å². The SMILES string of the molecule is CN(Cc1ccc(Cl)s1)C(=O)/C=C/c1cn(C)c(=O)n(C)c1=O. The second-order valence-corrected chi connectivity index (χ2v) is 6.88. The lowest BCUT2D eigenvalue weighted by Gasteiger charge is -2.13. The second-order valence-electron chi connectivity index (χ2n) is 5.08. The Balaban J connectivity index is 2.15. The van der Waals surface area contributed by atoms with Gasteiger partial charge in [0.2, 0.25) is 5.91 Å². The first-order chi connectivity index (χ1) is 10.8. The van der Waals surface area contributed by atoms with Gasteiger partial charge in [-0.3, -0.25) is 14.2 Å². The van der Waals surface area contributed by atoms with Crippen molar-refractivity contribution in [2.24, 2.45) is 14.1 Å². The van der Waals surface area contributed by atoms with Crippen LogP contribution in [0.5, 0.6) is 0 Å². The number of nitrogens with zero attached hydrogens (tertiary/aromatic N) is 3. The normalized spacial score (nSPS) is 11.1. The van der Waals surface area contributed by atoms with Gasteiger partial charge in [-0.1, -0.05) is 11.6 Å². The van der Waals surface area contributed by atoms with E-state index in [2.05, 4.69) is 0 Å². The Bertz CT molecular complexity index is 879. The van der Waals surface area contributed by atoms with Crippen molar-refractivity contribution < 1.29 is 4.79 Å². The largest absolute Gasteiger partial charge is 0.337 e. The van der Waals surface area contributed by atoms with Crippen LogP contribution in [0, 0.1) is 0 Å². The van der Waals surface area contributed by atoms with E-state index < -0.39 is 11.2 Å². The fourth-order valence-electron chi connectivity index (χ4n) is 1.99. The maximum Gasteiger partial charge on any atom is 0.330 e. The molecule has 0 unspecified atom stereocenters. The topological polar surface area (TPSA) is 64.3 Å². The molecule has 2 rings (SSSR count). The van der Waals surface area contributed by atoms with E-state index in [9.17, 15) is 14.4 Å². The van der Waals surface area contributed by atoms with Crippen LogP contribution in [0.25, 0.3) is 6.08 Å². The third-order valence-electron chi connectivity index (χ3n) is 3.28. The lowest BCUT2D eigenvalue weighted by molar-refractivity contribution is -0.125. The quantitative estimate of drug-likeness (QED) is 0.782. The number of likely N-dealkylation sites (N-methyl/N-ethyl adjacent to an activating group) is 1. The van der Waals surface area contributed by atoms with Gasteiger partial charge >= 0.3 is 5.69 Å². The summed E-state index contributed by atoms with van der Waals surface area (Å²) in [6.07, 6.45) is 4.14. The molecule has 0 fully saturated rings. The zero-order valence-electron chi connectivity index (χ0n) is 12.9. The molecule has 23 heavy (non-hydrogen) atoms. The number of carbonyl (C=O) groups excluding carboxylic acids is 1. The number of thiophene rings is 1. The van der Waals surface area contributed by atoms with Crippen molar-refractivity contribution in [2.45, 2.75) is 6.54 Å². The minimum atomic E-state index is -0.440. The molecule has 0 aliphatic heterocycles. The molecule has 0 radical (unpaired) electrons. The van der Waals surface area contributed by atoms with Gasteiger partial charge in [-0.05, 0) is 18.2 Å². The highest BCUT2D eigenvalue weighted by Crippen LogP contribution is 2.22. The maximum absolute atomic E-state index is 12.1. The molecule has 8 heteroatoms. The first-order valence-corrected chi connectivity index (χ1v) is 7.93. The van der Waals surface area contributed by atoms with Gasteiger partial charge in [0.25, 0.3) is 5.56 Å². The molecule has 0 atom stereocenters. The van der Waals surface area contributed by atoms with E-state index in [0.29, 0.717) is 10.9 Å². The van der Waals surface area contributed by atoms with Crippen molar-refractivity contribution in [1.29, 1.82) is 0 Å². The third kappa shape index (κ3) is 4.00. The van der Waals surface area contributed by atoms with E-state index in [1.165, 1.54) is 46.2 Å². The van der Waals surface area contributed by atoms with Crippen LogP contribution in [0.15, 0.2) is 34.0 Å². The van der Waals surface area contributed by atoms with Gasteiger partial charge in [0.05, 0.1) is 16.4 Å². The van der Waals surface area contributed by atoms with E-state index >= 15 is 0 Å². The number of hydrogen-bond acceptors (Lipinski definition) is 4. The van der Waals surface area contributed by atoms with Crippen LogP contribution >= 0.6 is 22.9 Å². The van der Waals surface area contributed by atoms with Crippen LogP contribution in [-0.4, -0.2) is 27.0 Å². The number of halogens is 1. The fourth-order valence-corrected chi connectivity index (χ4v) is 3.13. The van der Waals surface area contributed by atoms with Crippen molar-refractivity contribution in [2.75, 3.05) is 7.05 Å². The summed E-state index contributed by atoms with van der Waals surface area (Å²) < 4.78 is 2.97. The third-order valence-corrected chi connectivity index (χ3v) is 4.49. The average Bonchev–Trinajstić information content (AvgIpc) is 2.92. The Hall–Kier alpha value is -2.12. The Morgan fingerprint density at radius 2 is 2.04 bits per heavy atom. The second kappa shape index (κ2) is 6.97. The van der Waals surface area contributed by atoms with Crippen LogP contribution in [0.1, 0.15) is 10.4 Å². The number of aryl methyl sites for hydroxylation is 1. The highest BCUT2D eigenvalue weighted by Gasteiger charge is 2.09. The van der Waals surface area contributed by atoms with E-state index in [-0.39, 0.29) is 11.5 Å². The molecule has 0 aromatic carbocycles. The van der Waals surface area contributed by atoms with Crippen molar-refractivity contribution in [3.05, 3.63) is 60.0 Å². The van der Waals surface area contributed by atoms with Gasteiger partial charge in [-0.25, -0.2) is 4.79 Å². The van der Waals surface area contributed by atoms with Crippen LogP contribution < -0.4 is 11.2 Å². The lowest BCUT2D eigenvalue weighted by Crippen LogP contribution is -2.37. The van der Waals surface area contributed by atoms with Gasteiger partial charge in [0.1, 0.15) is 0 Å². The van der Waals surface area contributed by atoms with Crippen LogP contribution in [0.3, 0.4) is 0 Å². The van der Waals surface area contributed by atoms with Gasteiger partial charge in [0.15, 0.2) is 0 Å². The maximum atomic E-state index is 12.1. The number of hydrogen-bond donors (Lipinski definition) is 0. The molecule has 2 heterocycles. The summed E-state index contributed by atoms with van der Waals surface area (Å²) in [7, 11) is 4.61. The lowest BCUT2D eigenvalue weighted by atomic mass is 10.3. The first kappa shape index (κ1) is 17.2. The Kier molecular flexibility index (Phi) is 5.23. The Labute approximate surface area is 141 Å². The first-order valence-electron chi connectivity index (χ1n) is 6.73. The van der Waals surface area contributed by atoms with E-state index in [4.69, 9.17) is 11.6 Å². The molecular weight excluding hydrogens is 338 g/mol. The summed E-state index contributed by atoms with van der Waals surface area (Å²) in [5, 5.41) is 0. The molecule has 122 valence electrons. The summed E-state index contributed by atoms with van der Waals surface area (Å²) in [6, 6.07) is 3.65. The monoisotopic (exact) mass is 353 g/mol. The molecule has 2 aromatic heterocycles. The molecule has 0 spiro atoms. The van der Waals surface area contributed by atoms with Crippen molar-refractivity contribution >= 4 is 34.9 Å². The number of amides is 1. The summed E-state index contributed by atoms with van der Waals surface area (Å²) in [5.74, 6) is -0.245. The molecular formula is C15H16ClN3O3S. The molecule has 0 saturated heterocycles. The van der Waals surface area contributed by atoms with Crippen molar-refractivity contribution in [3.8, 4) is 0 Å². The predicted octanol–water partition coefficient (Wildman–Crippen LogP) is 1.47. The van der Waals surface area contributed by atoms with E-state index in [0.717, 1.165) is 9.44 Å². The van der Waals surface area contributed by atoms with Gasteiger partial charge in [-0.15, -0.1) is 11.3 Å². The molecule has 0 aliphatic carbocycles. The van der Waals surface area contributed by atoms with Gasteiger partial charge in [-0.2, -0.15) is 0 Å². The zero-order valence-corrected chi connectivity index (χ0v) is 14.5. The smallest absolute Gasteiger partial charge is 0.330 e. The summed E-state index contributed by atoms with van der Waals surface area (Å²) in [4.78, 5) is 38.2. The fraction of sp³-hybridized carbons (Fsp3) is 0.267. The van der Waals surface area contributed by atoms with Crippen molar-refractivity contribution in [3.63, 3.8) is 0 Å². The number of aromatic nitrogens is 2. The summed E-state index contributed by atoms with van der Waals surface area (Å²) in [6.45, 7) is 0.436. The summed E-state index contributed by atoms with van der Waals surface area (Å²) >= 11 is 7.27. The number of carbonyl (C=O) groups is 1. The minimum absolute atomic E-state index is 0.245. The molecule has 0 aliphatic rings. The highest BCUT2D eigenvalue weighted by molar-refractivity contribution is 7.16. The Morgan fingerprint density at radius 3 is 2.65 bits per heavy atom. The average molecular weight is 354 g/mol. The van der Waals surface area contributed by atoms with Gasteiger partial charge < -0.3 is 9.47 Å². The zero-order chi connectivity index (χ0) is 17.1. The van der Waals surface area contributed by atoms with Crippen LogP contribution in [0.4, 0.5) is 0 Å². The number of rotatable bonds is 4. The highest BCUT2D eigenvalue weighted by atomic mass is 35.5. The van der Waals surface area contributed by atoms with E-state index in [1.54, 1.807) is 20.2 Å². The molecule has 6 nitrogen and oxygen atoms in total. The Morgan fingerprint density at radius 1 is 1.35 bits per heavy atom. The molecule has 1 amide bonds. The van der Waals surface area contributed by atoms with Crippen molar-refractivity contribution in [1.82, 2.24) is 14.0 Å². The minimum Gasteiger partial charge on any atom is -0.337 e. The standard InChI is InChI=1S/C15H16ClN3O3S/c1-17(9-11-5-6-12(16)23-11)13(20)7-4-10-8-18(2)15(22)19(3)14(10)21/h4-8H,9H2,1-3H3/b7-4+.